The van der Waals surface area contributed by atoms with Gasteiger partial charge >= 0.3 is 12.0 Å². The molecule has 0 bridgehead atoms. The number of nitrogens with zero attached hydrogens (tertiary/aromatic N) is 2. The number of thiophene rings is 1. The van der Waals surface area contributed by atoms with Gasteiger partial charge in [0.2, 0.25) is 0 Å². The van der Waals surface area contributed by atoms with Crippen LogP contribution in [0.2, 0.25) is 0 Å². The summed E-state index contributed by atoms with van der Waals surface area (Å²) in [7, 11) is 0. The molecule has 3 heterocycles. The fourth-order valence-electron chi connectivity index (χ4n) is 3.09. The van der Waals surface area contributed by atoms with Gasteiger partial charge in [-0.25, -0.2) is 4.79 Å². The normalized spacial score (nSPS) is 20.2. The van der Waals surface area contributed by atoms with Crippen LogP contribution >= 0.6 is 11.3 Å². The number of ether oxygens (including phenoxy) is 1. The third-order valence-corrected chi connectivity index (χ3v) is 5.40. The summed E-state index contributed by atoms with van der Waals surface area (Å²) in [6, 6.07) is 2.95. The van der Waals surface area contributed by atoms with Crippen LogP contribution in [-0.2, 0) is 25.7 Å². The van der Waals surface area contributed by atoms with Crippen molar-refractivity contribution in [3.05, 3.63) is 34.2 Å². The van der Waals surface area contributed by atoms with E-state index < -0.39 is 17.8 Å². The summed E-state index contributed by atoms with van der Waals surface area (Å²) in [5, 5.41) is 4.08. The maximum atomic E-state index is 12.7. The van der Waals surface area contributed by atoms with Gasteiger partial charge < -0.3 is 9.64 Å². The molecule has 9 heteroatoms. The lowest BCUT2D eigenvalue weighted by Gasteiger charge is -2.32. The Labute approximate surface area is 160 Å². The number of carbonyl (C=O) groups is 4. The maximum Gasteiger partial charge on any atom is 0.331 e. The second-order valence-electron chi connectivity index (χ2n) is 6.34. The molecule has 0 spiro atoms. The Morgan fingerprint density at radius 3 is 2.70 bits per heavy atom. The van der Waals surface area contributed by atoms with E-state index in [2.05, 4.69) is 5.32 Å². The molecule has 1 aromatic heterocycles. The highest BCUT2D eigenvalue weighted by Gasteiger charge is 2.37. The van der Waals surface area contributed by atoms with Gasteiger partial charge in [-0.1, -0.05) is 6.07 Å². The van der Waals surface area contributed by atoms with Gasteiger partial charge in [-0.3, -0.25) is 24.6 Å². The topological polar surface area (TPSA) is 96.0 Å². The summed E-state index contributed by atoms with van der Waals surface area (Å²) >= 11 is 1.43. The number of imide groups is 2. The minimum absolute atomic E-state index is 0.0688. The molecule has 0 aliphatic carbocycles. The second kappa shape index (κ2) is 8.34. The molecule has 2 aliphatic rings. The Hall–Kier alpha value is -2.68. The minimum atomic E-state index is -0.712. The van der Waals surface area contributed by atoms with Crippen molar-refractivity contribution in [3.8, 4) is 0 Å². The van der Waals surface area contributed by atoms with Gasteiger partial charge in [0.1, 0.15) is 5.57 Å². The van der Waals surface area contributed by atoms with Crippen molar-refractivity contribution in [1.82, 2.24) is 15.1 Å². The molecule has 0 radical (unpaired) electrons. The Morgan fingerprint density at radius 2 is 2.07 bits per heavy atom. The van der Waals surface area contributed by atoms with E-state index in [9.17, 15) is 19.2 Å². The number of barbiturate groups is 1. The van der Waals surface area contributed by atoms with E-state index in [1.54, 1.807) is 6.92 Å². The molecule has 144 valence electrons. The van der Waals surface area contributed by atoms with Crippen molar-refractivity contribution >= 4 is 35.2 Å². The highest BCUT2D eigenvalue weighted by atomic mass is 32.1. The van der Waals surface area contributed by atoms with Crippen LogP contribution in [0.15, 0.2) is 29.3 Å². The van der Waals surface area contributed by atoms with Crippen LogP contribution in [0, 0.1) is 5.92 Å². The molecule has 27 heavy (non-hydrogen) atoms. The fraction of sp³-hybridized carbons (Fsp3) is 0.444. The van der Waals surface area contributed by atoms with Crippen LogP contribution in [-0.4, -0.2) is 53.3 Å². The second-order valence-corrected chi connectivity index (χ2v) is 7.37. The highest BCUT2D eigenvalue weighted by Crippen LogP contribution is 2.21. The van der Waals surface area contributed by atoms with E-state index in [-0.39, 0.29) is 24.0 Å². The van der Waals surface area contributed by atoms with Crippen LogP contribution in [0.25, 0.3) is 0 Å². The molecule has 2 aliphatic heterocycles. The predicted octanol–water partition coefficient (Wildman–Crippen LogP) is 1.49. The number of hydrogen-bond donors (Lipinski definition) is 1. The Balaban J connectivity index is 1.67. The van der Waals surface area contributed by atoms with Crippen molar-refractivity contribution in [1.29, 1.82) is 0 Å². The molecular formula is C18H21N3O5S. The molecule has 0 aromatic carbocycles. The van der Waals surface area contributed by atoms with Gasteiger partial charge in [0.25, 0.3) is 11.8 Å². The molecular weight excluding hydrogens is 370 g/mol. The standard InChI is InChI=1S/C18H21N3O5S/c1-2-26-17(24)12-5-7-20(8-6-12)11-14-15(22)19-18(25)21(16(14)23)10-13-4-3-9-27-13/h3-4,9,11-12H,2,5-8,10H2,1H3,(H,19,22,25)/b14-11+. The van der Waals surface area contributed by atoms with Gasteiger partial charge in [-0.15, -0.1) is 11.3 Å². The lowest BCUT2D eigenvalue weighted by atomic mass is 9.97. The number of esters is 1. The maximum absolute atomic E-state index is 12.7. The number of carbonyl (C=O) groups excluding carboxylic acids is 4. The molecule has 3 rings (SSSR count). The van der Waals surface area contributed by atoms with Crippen molar-refractivity contribution in [2.75, 3.05) is 19.7 Å². The van der Waals surface area contributed by atoms with Gasteiger partial charge in [0, 0.05) is 24.2 Å². The summed E-state index contributed by atoms with van der Waals surface area (Å²) in [5.41, 5.74) is -0.0688. The molecule has 1 aromatic rings. The third-order valence-electron chi connectivity index (χ3n) is 4.54. The van der Waals surface area contributed by atoms with E-state index in [4.69, 9.17) is 4.74 Å². The number of amides is 4. The average Bonchev–Trinajstić information content (AvgIpc) is 3.16. The number of likely N-dealkylation sites (tertiary alicyclic amines) is 1. The van der Waals surface area contributed by atoms with E-state index in [0.29, 0.717) is 32.5 Å². The first-order chi connectivity index (χ1) is 13.0. The van der Waals surface area contributed by atoms with Crippen LogP contribution in [0.3, 0.4) is 0 Å². The first-order valence-electron chi connectivity index (χ1n) is 8.81. The first kappa shape index (κ1) is 19.1. The van der Waals surface area contributed by atoms with Gasteiger partial charge in [-0.2, -0.15) is 0 Å². The number of nitrogens with one attached hydrogen (secondary N) is 1. The minimum Gasteiger partial charge on any atom is -0.466 e. The van der Waals surface area contributed by atoms with Gasteiger partial charge in [0.15, 0.2) is 0 Å². The summed E-state index contributed by atoms with van der Waals surface area (Å²) in [6.07, 6.45) is 2.68. The number of urea groups is 1. The van der Waals surface area contributed by atoms with Gasteiger partial charge in [0.05, 0.1) is 19.1 Å². The number of hydrogen-bond acceptors (Lipinski definition) is 7. The van der Waals surface area contributed by atoms with Crippen LogP contribution in [0.4, 0.5) is 4.79 Å². The number of piperidine rings is 1. The Kier molecular flexibility index (Phi) is 5.90. The van der Waals surface area contributed by atoms with E-state index in [0.717, 1.165) is 9.78 Å². The van der Waals surface area contributed by atoms with Crippen molar-refractivity contribution in [2.24, 2.45) is 5.92 Å². The zero-order chi connectivity index (χ0) is 19.4. The van der Waals surface area contributed by atoms with Crippen molar-refractivity contribution < 1.29 is 23.9 Å². The predicted molar refractivity (Wildman–Crippen MR) is 97.4 cm³/mol. The fourth-order valence-corrected chi connectivity index (χ4v) is 3.78. The van der Waals surface area contributed by atoms with Crippen LogP contribution in [0.1, 0.15) is 24.6 Å². The molecule has 1 N–H and O–H groups in total. The van der Waals surface area contributed by atoms with E-state index in [1.807, 2.05) is 22.4 Å². The molecule has 2 saturated heterocycles. The molecule has 0 unspecified atom stereocenters. The monoisotopic (exact) mass is 391 g/mol. The molecule has 0 atom stereocenters. The van der Waals surface area contributed by atoms with Crippen molar-refractivity contribution in [2.45, 2.75) is 26.3 Å². The Morgan fingerprint density at radius 1 is 1.33 bits per heavy atom. The zero-order valence-corrected chi connectivity index (χ0v) is 15.8. The summed E-state index contributed by atoms with van der Waals surface area (Å²) < 4.78 is 5.04. The SMILES string of the molecule is CCOC(=O)C1CCN(/C=C2\C(=O)NC(=O)N(Cc3cccs3)C2=O)CC1. The lowest BCUT2D eigenvalue weighted by molar-refractivity contribution is -0.149. The molecule has 4 amide bonds. The molecule has 0 saturated carbocycles. The third kappa shape index (κ3) is 4.36. The summed E-state index contributed by atoms with van der Waals surface area (Å²) in [4.78, 5) is 52.4. The summed E-state index contributed by atoms with van der Waals surface area (Å²) in [5.74, 6) is -1.67. The van der Waals surface area contributed by atoms with Gasteiger partial charge in [-0.05, 0) is 31.2 Å². The van der Waals surface area contributed by atoms with E-state index in [1.165, 1.54) is 17.5 Å². The smallest absolute Gasteiger partial charge is 0.331 e. The highest BCUT2D eigenvalue weighted by molar-refractivity contribution is 7.09. The summed E-state index contributed by atoms with van der Waals surface area (Å²) in [6.45, 7) is 3.32. The largest absolute Gasteiger partial charge is 0.466 e. The van der Waals surface area contributed by atoms with Crippen LogP contribution in [0.5, 0.6) is 0 Å². The van der Waals surface area contributed by atoms with Crippen LogP contribution < -0.4 is 5.32 Å². The molecule has 2 fully saturated rings. The zero-order valence-electron chi connectivity index (χ0n) is 15.0. The van der Waals surface area contributed by atoms with Crippen molar-refractivity contribution in [3.63, 3.8) is 0 Å². The quantitative estimate of drug-likeness (QED) is 0.464. The number of rotatable bonds is 5. The first-order valence-corrected chi connectivity index (χ1v) is 9.69. The lowest BCUT2D eigenvalue weighted by Crippen LogP contribution is -2.54. The average molecular weight is 391 g/mol. The van der Waals surface area contributed by atoms with E-state index >= 15 is 0 Å². The Bertz CT molecular complexity index is 766. The molecule has 8 nitrogen and oxygen atoms in total.